The Bertz CT molecular complexity index is 826. The lowest BCUT2D eigenvalue weighted by molar-refractivity contribution is -0.137. The lowest BCUT2D eigenvalue weighted by atomic mass is 10.1. The third-order valence-corrected chi connectivity index (χ3v) is 5.66. The highest BCUT2D eigenvalue weighted by molar-refractivity contribution is 5.49. The molecule has 2 aromatic rings. The number of hydrogen-bond acceptors (Lipinski definition) is 1. The number of nitrogens with zero attached hydrogens (tertiary/aromatic N) is 1. The monoisotopic (exact) mass is 443 g/mol. The van der Waals surface area contributed by atoms with Gasteiger partial charge >= 0.3 is 6.18 Å². The Morgan fingerprint density at radius 3 is 1.91 bits per heavy atom. The molecule has 0 saturated heterocycles. The first-order valence-corrected chi connectivity index (χ1v) is 11.9. The Morgan fingerprint density at radius 1 is 0.750 bits per heavy atom. The quantitative estimate of drug-likeness (QED) is 0.234. The second-order valence-electron chi connectivity index (χ2n) is 8.28. The lowest BCUT2D eigenvalue weighted by Gasteiger charge is -2.23. The van der Waals surface area contributed by atoms with Gasteiger partial charge in [0.15, 0.2) is 0 Å². The second kappa shape index (κ2) is 13.9. The minimum atomic E-state index is -4.30. The summed E-state index contributed by atoms with van der Waals surface area (Å²) >= 11 is 0. The summed E-state index contributed by atoms with van der Waals surface area (Å²) in [5, 5.41) is 0. The standard InChI is InChI=1S/C28H36F3N/c1-3-5-6-7-8-9-10-11-12-13-14-24-15-17-25(18-16-24)23-32(4-2)27-21-19-26(20-22-27)28(29,30)31/h15-22H,3-12,23H2,1-2H3. The van der Waals surface area contributed by atoms with Crippen molar-refractivity contribution in [3.63, 3.8) is 0 Å². The third kappa shape index (κ3) is 9.39. The summed E-state index contributed by atoms with van der Waals surface area (Å²) < 4.78 is 38.3. The first-order valence-electron chi connectivity index (χ1n) is 11.9. The van der Waals surface area contributed by atoms with Gasteiger partial charge in [-0.25, -0.2) is 0 Å². The normalized spacial score (nSPS) is 11.2. The highest BCUT2D eigenvalue weighted by atomic mass is 19.4. The van der Waals surface area contributed by atoms with Crippen LogP contribution in [0.1, 0.15) is 88.3 Å². The fourth-order valence-electron chi connectivity index (χ4n) is 3.67. The lowest BCUT2D eigenvalue weighted by Crippen LogP contribution is -2.22. The van der Waals surface area contributed by atoms with Crippen LogP contribution in [0.25, 0.3) is 0 Å². The molecule has 0 heterocycles. The fraction of sp³-hybridized carbons (Fsp3) is 0.500. The first-order chi connectivity index (χ1) is 15.4. The molecule has 0 atom stereocenters. The number of alkyl halides is 3. The molecule has 0 fully saturated rings. The number of hydrogen-bond donors (Lipinski definition) is 0. The Balaban J connectivity index is 1.78. The topological polar surface area (TPSA) is 3.24 Å². The SMILES string of the molecule is CCCCCCCCCCC#Cc1ccc(CN(CC)c2ccc(C(F)(F)F)cc2)cc1. The maximum atomic E-state index is 12.8. The van der Waals surface area contributed by atoms with Gasteiger partial charge in [0.05, 0.1) is 5.56 Å². The summed E-state index contributed by atoms with van der Waals surface area (Å²) in [7, 11) is 0. The highest BCUT2D eigenvalue weighted by Gasteiger charge is 2.30. The van der Waals surface area contributed by atoms with Gasteiger partial charge in [-0.1, -0.05) is 75.8 Å². The van der Waals surface area contributed by atoms with Gasteiger partial charge in [-0.3, -0.25) is 0 Å². The van der Waals surface area contributed by atoms with Crippen LogP contribution in [0.5, 0.6) is 0 Å². The third-order valence-electron chi connectivity index (χ3n) is 5.66. The Kier molecular flexibility index (Phi) is 11.2. The minimum Gasteiger partial charge on any atom is -0.367 e. The van der Waals surface area contributed by atoms with Gasteiger partial charge in [-0.05, 0) is 55.3 Å². The Hall–Kier alpha value is -2.41. The molecule has 0 aliphatic rings. The average molecular weight is 444 g/mol. The molecule has 0 aliphatic heterocycles. The maximum absolute atomic E-state index is 12.8. The Labute approximate surface area is 192 Å². The van der Waals surface area contributed by atoms with Crippen LogP contribution in [0.15, 0.2) is 48.5 Å². The van der Waals surface area contributed by atoms with E-state index in [1.807, 2.05) is 31.2 Å². The molecule has 0 amide bonds. The van der Waals surface area contributed by atoms with E-state index in [2.05, 4.69) is 23.7 Å². The van der Waals surface area contributed by atoms with E-state index >= 15 is 0 Å². The molecule has 32 heavy (non-hydrogen) atoms. The molecule has 1 nitrogen and oxygen atoms in total. The van der Waals surface area contributed by atoms with Crippen LogP contribution in [0.3, 0.4) is 0 Å². The zero-order valence-electron chi connectivity index (χ0n) is 19.5. The first kappa shape index (κ1) is 25.8. The molecule has 0 spiro atoms. The molecule has 0 aliphatic carbocycles. The fourth-order valence-corrected chi connectivity index (χ4v) is 3.67. The summed E-state index contributed by atoms with van der Waals surface area (Å²) in [6.07, 6.45) is 7.10. The largest absolute Gasteiger partial charge is 0.416 e. The Morgan fingerprint density at radius 2 is 1.34 bits per heavy atom. The van der Waals surface area contributed by atoms with E-state index < -0.39 is 11.7 Å². The van der Waals surface area contributed by atoms with Crippen molar-refractivity contribution in [1.29, 1.82) is 0 Å². The van der Waals surface area contributed by atoms with Crippen LogP contribution in [0.4, 0.5) is 18.9 Å². The van der Waals surface area contributed by atoms with Crippen molar-refractivity contribution < 1.29 is 13.2 Å². The predicted octanol–water partition coefficient (Wildman–Crippen LogP) is 8.61. The van der Waals surface area contributed by atoms with Gasteiger partial charge < -0.3 is 4.90 Å². The van der Waals surface area contributed by atoms with Gasteiger partial charge in [-0.2, -0.15) is 13.2 Å². The van der Waals surface area contributed by atoms with Crippen LogP contribution >= 0.6 is 0 Å². The van der Waals surface area contributed by atoms with Crippen molar-refractivity contribution in [1.82, 2.24) is 0 Å². The van der Waals surface area contributed by atoms with E-state index in [-0.39, 0.29) is 0 Å². The molecular weight excluding hydrogens is 407 g/mol. The van der Waals surface area contributed by atoms with Crippen molar-refractivity contribution in [2.75, 3.05) is 11.4 Å². The molecule has 4 heteroatoms. The van der Waals surface area contributed by atoms with E-state index in [9.17, 15) is 13.2 Å². The number of benzene rings is 2. The average Bonchev–Trinajstić information content (AvgIpc) is 2.79. The van der Waals surface area contributed by atoms with Crippen molar-refractivity contribution >= 4 is 5.69 Å². The van der Waals surface area contributed by atoms with Gasteiger partial charge in [0.25, 0.3) is 0 Å². The molecule has 0 radical (unpaired) electrons. The molecule has 0 aromatic heterocycles. The van der Waals surface area contributed by atoms with Crippen LogP contribution in [-0.2, 0) is 12.7 Å². The van der Waals surface area contributed by atoms with Crippen LogP contribution < -0.4 is 4.90 Å². The number of halogens is 3. The second-order valence-corrected chi connectivity index (χ2v) is 8.28. The molecule has 2 aromatic carbocycles. The van der Waals surface area contributed by atoms with Crippen molar-refractivity contribution in [2.45, 2.75) is 84.4 Å². The minimum absolute atomic E-state index is 0.618. The summed E-state index contributed by atoms with van der Waals surface area (Å²) in [5.41, 5.74) is 2.29. The molecule has 2 rings (SSSR count). The molecule has 174 valence electrons. The van der Waals surface area contributed by atoms with Crippen molar-refractivity contribution in [3.8, 4) is 11.8 Å². The zero-order valence-corrected chi connectivity index (χ0v) is 19.5. The van der Waals surface area contributed by atoms with E-state index in [4.69, 9.17) is 0 Å². The predicted molar refractivity (Wildman–Crippen MR) is 129 cm³/mol. The molecular formula is C28H36F3N. The zero-order chi connectivity index (χ0) is 23.2. The van der Waals surface area contributed by atoms with Crippen LogP contribution in [0.2, 0.25) is 0 Å². The summed E-state index contributed by atoms with van der Waals surface area (Å²) in [5.74, 6) is 6.52. The maximum Gasteiger partial charge on any atom is 0.416 e. The number of anilines is 1. The van der Waals surface area contributed by atoms with E-state index in [0.29, 0.717) is 13.1 Å². The van der Waals surface area contributed by atoms with Crippen LogP contribution in [-0.4, -0.2) is 6.54 Å². The van der Waals surface area contributed by atoms with Gasteiger partial charge in [-0.15, -0.1) is 0 Å². The van der Waals surface area contributed by atoms with E-state index in [1.54, 1.807) is 0 Å². The smallest absolute Gasteiger partial charge is 0.367 e. The number of rotatable bonds is 12. The molecule has 0 saturated carbocycles. The van der Waals surface area contributed by atoms with Crippen molar-refractivity contribution in [2.24, 2.45) is 0 Å². The summed E-state index contributed by atoms with van der Waals surface area (Å²) in [6.45, 7) is 5.61. The van der Waals surface area contributed by atoms with Gasteiger partial charge in [0.1, 0.15) is 0 Å². The number of unbranched alkanes of at least 4 members (excludes halogenated alkanes) is 8. The summed E-state index contributed by atoms with van der Waals surface area (Å²) in [4.78, 5) is 2.06. The van der Waals surface area contributed by atoms with Crippen molar-refractivity contribution in [3.05, 3.63) is 65.2 Å². The highest BCUT2D eigenvalue weighted by Crippen LogP contribution is 2.30. The molecule has 0 N–H and O–H groups in total. The van der Waals surface area contributed by atoms with Gasteiger partial charge in [0, 0.05) is 30.8 Å². The van der Waals surface area contributed by atoms with Crippen LogP contribution in [0, 0.1) is 11.8 Å². The molecule has 0 unspecified atom stereocenters. The van der Waals surface area contributed by atoms with E-state index in [0.717, 1.165) is 41.8 Å². The van der Waals surface area contributed by atoms with Gasteiger partial charge in [0.2, 0.25) is 0 Å². The van der Waals surface area contributed by atoms with E-state index in [1.165, 1.54) is 57.1 Å². The summed E-state index contributed by atoms with van der Waals surface area (Å²) in [6, 6.07) is 13.5. The molecule has 0 bridgehead atoms.